The molecule has 1 aromatic rings. The molecule has 2 rings (SSSR count). The summed E-state index contributed by atoms with van der Waals surface area (Å²) >= 11 is 0. The van der Waals surface area contributed by atoms with Crippen LogP contribution in [0.25, 0.3) is 0 Å². The van der Waals surface area contributed by atoms with Crippen molar-refractivity contribution in [1.82, 2.24) is 5.32 Å². The van der Waals surface area contributed by atoms with Crippen LogP contribution in [0.3, 0.4) is 0 Å². The summed E-state index contributed by atoms with van der Waals surface area (Å²) in [5.41, 5.74) is 1.40. The second-order valence-corrected chi connectivity index (χ2v) is 3.64. The molecule has 3 heteroatoms. The molecule has 1 aromatic carbocycles. The Morgan fingerprint density at radius 2 is 2.29 bits per heavy atom. The van der Waals surface area contributed by atoms with Crippen molar-refractivity contribution in [3.63, 3.8) is 0 Å². The number of hydrogen-bond donors (Lipinski definition) is 1. The lowest BCUT2D eigenvalue weighted by Crippen LogP contribution is -2.17. The van der Waals surface area contributed by atoms with E-state index in [1.165, 1.54) is 6.07 Å². The van der Waals surface area contributed by atoms with Gasteiger partial charge in [0.15, 0.2) is 0 Å². The third kappa shape index (κ3) is 1.50. The Balaban J connectivity index is 2.32. The predicted octanol–water partition coefficient (Wildman–Crippen LogP) is 1.74. The largest absolute Gasteiger partial charge is 0.356 e. The van der Waals surface area contributed by atoms with Crippen molar-refractivity contribution >= 4 is 5.91 Å². The summed E-state index contributed by atoms with van der Waals surface area (Å²) in [6.07, 6.45) is 0.765. The van der Waals surface area contributed by atoms with E-state index in [0.717, 1.165) is 12.0 Å². The summed E-state index contributed by atoms with van der Waals surface area (Å²) in [5.74, 6) is -0.388. The number of halogens is 1. The molecule has 2 nitrogen and oxygen atoms in total. The van der Waals surface area contributed by atoms with Crippen molar-refractivity contribution in [2.24, 2.45) is 0 Å². The molecule has 14 heavy (non-hydrogen) atoms. The first-order valence-electron chi connectivity index (χ1n) is 4.72. The Morgan fingerprint density at radius 1 is 1.50 bits per heavy atom. The minimum atomic E-state index is -0.234. The lowest BCUT2D eigenvalue weighted by atomic mass is 9.97. The second kappa shape index (κ2) is 3.40. The van der Waals surface area contributed by atoms with Crippen LogP contribution in [0, 0.1) is 12.7 Å². The Kier molecular flexibility index (Phi) is 2.23. The zero-order chi connectivity index (χ0) is 10.1. The minimum absolute atomic E-state index is 0.00764. The highest BCUT2D eigenvalue weighted by atomic mass is 19.1. The van der Waals surface area contributed by atoms with Gasteiger partial charge in [0.25, 0.3) is 0 Å². The molecule has 0 aliphatic carbocycles. The highest BCUT2D eigenvalue weighted by Crippen LogP contribution is 2.24. The molecule has 1 atom stereocenters. The van der Waals surface area contributed by atoms with Crippen molar-refractivity contribution in [1.29, 1.82) is 0 Å². The zero-order valence-electron chi connectivity index (χ0n) is 8.01. The van der Waals surface area contributed by atoms with E-state index in [2.05, 4.69) is 5.32 Å². The number of nitrogens with one attached hydrogen (secondary N) is 1. The normalized spacial score (nSPS) is 21.0. The first-order valence-corrected chi connectivity index (χ1v) is 4.72. The summed E-state index contributed by atoms with van der Waals surface area (Å²) in [4.78, 5) is 11.3. The molecule has 1 fully saturated rings. The van der Waals surface area contributed by atoms with Gasteiger partial charge in [-0.1, -0.05) is 12.1 Å². The molecule has 0 unspecified atom stereocenters. The fraction of sp³-hybridized carbons (Fsp3) is 0.364. The number of hydrogen-bond acceptors (Lipinski definition) is 1. The second-order valence-electron chi connectivity index (χ2n) is 3.64. The summed E-state index contributed by atoms with van der Waals surface area (Å²) in [6.45, 7) is 2.41. The van der Waals surface area contributed by atoms with Gasteiger partial charge in [0.1, 0.15) is 5.82 Å². The molecule has 0 saturated carbocycles. The first kappa shape index (κ1) is 9.19. The van der Waals surface area contributed by atoms with Crippen molar-refractivity contribution in [3.05, 3.63) is 35.1 Å². The maximum Gasteiger partial charge on any atom is 0.227 e. The van der Waals surface area contributed by atoms with Crippen LogP contribution in [0.2, 0.25) is 0 Å². The third-order valence-corrected chi connectivity index (χ3v) is 2.65. The topological polar surface area (TPSA) is 29.1 Å². The Morgan fingerprint density at radius 3 is 2.86 bits per heavy atom. The molecule has 1 amide bonds. The van der Waals surface area contributed by atoms with Gasteiger partial charge in [0.2, 0.25) is 5.91 Å². The summed E-state index contributed by atoms with van der Waals surface area (Å²) in [6, 6.07) is 5.01. The van der Waals surface area contributed by atoms with Gasteiger partial charge < -0.3 is 5.32 Å². The van der Waals surface area contributed by atoms with Crippen LogP contribution in [-0.2, 0) is 4.79 Å². The molecule has 1 saturated heterocycles. The van der Waals surface area contributed by atoms with Gasteiger partial charge in [0.05, 0.1) is 5.92 Å². The molecule has 1 N–H and O–H groups in total. The Labute approximate surface area is 82.1 Å². The average Bonchev–Trinajstić information content (AvgIpc) is 2.57. The Bertz CT molecular complexity index is 376. The van der Waals surface area contributed by atoms with E-state index in [0.29, 0.717) is 12.1 Å². The first-order chi connectivity index (χ1) is 6.68. The van der Waals surface area contributed by atoms with Crippen molar-refractivity contribution in [2.45, 2.75) is 19.3 Å². The van der Waals surface area contributed by atoms with Crippen LogP contribution in [0.1, 0.15) is 23.5 Å². The maximum atomic E-state index is 13.2. The lowest BCUT2D eigenvalue weighted by Gasteiger charge is -2.07. The third-order valence-electron chi connectivity index (χ3n) is 2.65. The highest BCUT2D eigenvalue weighted by molar-refractivity contribution is 5.85. The molecule has 0 bridgehead atoms. The Hall–Kier alpha value is -1.38. The number of benzene rings is 1. The molecule has 0 aromatic heterocycles. The molecule has 0 spiro atoms. The number of rotatable bonds is 1. The van der Waals surface area contributed by atoms with Gasteiger partial charge in [-0.05, 0) is 30.5 Å². The fourth-order valence-electron chi connectivity index (χ4n) is 1.74. The maximum absolute atomic E-state index is 13.2. The van der Waals surface area contributed by atoms with Crippen LogP contribution in [0.4, 0.5) is 4.39 Å². The quantitative estimate of drug-likeness (QED) is 0.723. The fourth-order valence-corrected chi connectivity index (χ4v) is 1.74. The zero-order valence-corrected chi connectivity index (χ0v) is 8.01. The van der Waals surface area contributed by atoms with E-state index in [1.54, 1.807) is 13.0 Å². The number of carbonyl (C=O) groups is 1. The van der Waals surface area contributed by atoms with E-state index in [1.807, 2.05) is 6.07 Å². The van der Waals surface area contributed by atoms with Gasteiger partial charge in [-0.2, -0.15) is 0 Å². The van der Waals surface area contributed by atoms with Crippen molar-refractivity contribution in [3.8, 4) is 0 Å². The standard InChI is InChI=1S/C11H12FNO/c1-7-2-3-8(6-10(7)12)9-4-5-13-11(9)14/h2-3,6,9H,4-5H2,1H3,(H,13,14)/t9-/m1/s1. The van der Waals surface area contributed by atoms with E-state index in [-0.39, 0.29) is 17.6 Å². The van der Waals surface area contributed by atoms with Crippen molar-refractivity contribution < 1.29 is 9.18 Å². The summed E-state index contributed by atoms with van der Waals surface area (Å²) in [5, 5.41) is 2.74. The average molecular weight is 193 g/mol. The van der Waals surface area contributed by atoms with E-state index in [9.17, 15) is 9.18 Å². The minimum Gasteiger partial charge on any atom is -0.356 e. The molecule has 0 radical (unpaired) electrons. The van der Waals surface area contributed by atoms with Crippen LogP contribution >= 0.6 is 0 Å². The molecule has 1 heterocycles. The predicted molar refractivity (Wildman–Crippen MR) is 51.5 cm³/mol. The number of amides is 1. The van der Waals surface area contributed by atoms with Crippen LogP contribution in [0.5, 0.6) is 0 Å². The van der Waals surface area contributed by atoms with E-state index >= 15 is 0 Å². The van der Waals surface area contributed by atoms with Gasteiger partial charge in [-0.15, -0.1) is 0 Å². The van der Waals surface area contributed by atoms with E-state index in [4.69, 9.17) is 0 Å². The van der Waals surface area contributed by atoms with Gasteiger partial charge in [-0.25, -0.2) is 4.39 Å². The van der Waals surface area contributed by atoms with E-state index < -0.39 is 0 Å². The van der Waals surface area contributed by atoms with Crippen LogP contribution < -0.4 is 5.32 Å². The van der Waals surface area contributed by atoms with Crippen molar-refractivity contribution in [2.75, 3.05) is 6.54 Å². The molecule has 1 aliphatic heterocycles. The van der Waals surface area contributed by atoms with Gasteiger partial charge in [0, 0.05) is 6.54 Å². The number of aryl methyl sites for hydroxylation is 1. The molecule has 74 valence electrons. The van der Waals surface area contributed by atoms with Crippen LogP contribution in [-0.4, -0.2) is 12.5 Å². The smallest absolute Gasteiger partial charge is 0.227 e. The molecular formula is C11H12FNO. The van der Waals surface area contributed by atoms with Gasteiger partial charge in [-0.3, -0.25) is 4.79 Å². The monoisotopic (exact) mass is 193 g/mol. The highest BCUT2D eigenvalue weighted by Gasteiger charge is 2.25. The van der Waals surface area contributed by atoms with Gasteiger partial charge >= 0.3 is 0 Å². The van der Waals surface area contributed by atoms with Crippen LogP contribution in [0.15, 0.2) is 18.2 Å². The molecule has 1 aliphatic rings. The molecular weight excluding hydrogens is 181 g/mol. The summed E-state index contributed by atoms with van der Waals surface area (Å²) < 4.78 is 13.2. The SMILES string of the molecule is Cc1ccc([C@H]2CCNC2=O)cc1F. The lowest BCUT2D eigenvalue weighted by molar-refractivity contribution is -0.120. The number of carbonyl (C=O) groups excluding carboxylic acids is 1. The summed E-state index contributed by atoms with van der Waals surface area (Å²) in [7, 11) is 0.